The molecular weight excluding hydrogens is 396 g/mol. The van der Waals surface area contributed by atoms with Crippen LogP contribution < -0.4 is 15.7 Å². The molecular formula is C23H30N4O4. The molecule has 0 aliphatic heterocycles. The van der Waals surface area contributed by atoms with Crippen LogP contribution in [0.1, 0.15) is 46.0 Å². The van der Waals surface area contributed by atoms with Crippen LogP contribution in [0.5, 0.6) is 0 Å². The van der Waals surface area contributed by atoms with E-state index in [9.17, 15) is 14.4 Å². The van der Waals surface area contributed by atoms with Crippen molar-refractivity contribution in [3.05, 3.63) is 65.2 Å². The van der Waals surface area contributed by atoms with Gasteiger partial charge in [-0.1, -0.05) is 31.5 Å². The number of nitrogens with one attached hydrogen (secondary N) is 2. The molecule has 166 valence electrons. The maximum absolute atomic E-state index is 13.2. The summed E-state index contributed by atoms with van der Waals surface area (Å²) < 4.78 is 0. The van der Waals surface area contributed by atoms with Gasteiger partial charge in [0.25, 0.3) is 11.8 Å². The molecule has 0 radical (unpaired) electrons. The predicted octanol–water partition coefficient (Wildman–Crippen LogP) is 2.43. The minimum atomic E-state index is -0.615. The van der Waals surface area contributed by atoms with Crippen LogP contribution in [0.2, 0.25) is 0 Å². The summed E-state index contributed by atoms with van der Waals surface area (Å²) in [5, 5.41) is 11.6. The van der Waals surface area contributed by atoms with Gasteiger partial charge in [-0.2, -0.15) is 0 Å². The molecule has 0 saturated heterocycles. The molecule has 3 N–H and O–H groups in total. The molecule has 8 nitrogen and oxygen atoms in total. The van der Waals surface area contributed by atoms with Crippen molar-refractivity contribution >= 4 is 23.4 Å². The zero-order chi connectivity index (χ0) is 22.8. The highest BCUT2D eigenvalue weighted by atomic mass is 16.5. The molecule has 0 spiro atoms. The van der Waals surface area contributed by atoms with E-state index >= 15 is 0 Å². The van der Waals surface area contributed by atoms with E-state index < -0.39 is 5.91 Å². The highest BCUT2D eigenvalue weighted by molar-refractivity contribution is 5.97. The van der Waals surface area contributed by atoms with Crippen molar-refractivity contribution in [2.45, 2.75) is 26.3 Å². The SMILES string of the molecule is CCCCNC(=O)CN(Cc1ccc(C(=O)NO)cc1)C(=O)c1cccc(N(C)C)c1. The van der Waals surface area contributed by atoms with Crippen molar-refractivity contribution in [3.63, 3.8) is 0 Å². The standard InChI is InChI=1S/C23H30N4O4/c1-4-5-13-24-21(28)16-27(15-17-9-11-18(12-10-17)22(29)25-31)23(30)19-7-6-8-20(14-19)26(2)3/h6-12,14,31H,4-5,13,15-16H2,1-3H3,(H,24,28)(H,25,29). The lowest BCUT2D eigenvalue weighted by molar-refractivity contribution is -0.121. The number of amides is 3. The fraction of sp³-hybridized carbons (Fsp3) is 0.348. The third-order valence-electron chi connectivity index (χ3n) is 4.77. The normalized spacial score (nSPS) is 10.3. The Kier molecular flexibility index (Phi) is 9.02. The largest absolute Gasteiger partial charge is 0.378 e. The van der Waals surface area contributed by atoms with E-state index in [1.807, 2.05) is 38.1 Å². The van der Waals surface area contributed by atoms with E-state index in [4.69, 9.17) is 5.21 Å². The summed E-state index contributed by atoms with van der Waals surface area (Å²) in [4.78, 5) is 40.6. The van der Waals surface area contributed by atoms with Crippen molar-refractivity contribution in [3.8, 4) is 0 Å². The van der Waals surface area contributed by atoms with Crippen molar-refractivity contribution < 1.29 is 19.6 Å². The van der Waals surface area contributed by atoms with Gasteiger partial charge >= 0.3 is 0 Å². The van der Waals surface area contributed by atoms with E-state index in [1.54, 1.807) is 41.9 Å². The molecule has 0 saturated carbocycles. The van der Waals surface area contributed by atoms with Crippen molar-refractivity contribution in [2.24, 2.45) is 0 Å². The second kappa shape index (κ2) is 11.7. The van der Waals surface area contributed by atoms with E-state index in [-0.39, 0.29) is 24.9 Å². The summed E-state index contributed by atoms with van der Waals surface area (Å²) in [6.07, 6.45) is 1.84. The highest BCUT2D eigenvalue weighted by Crippen LogP contribution is 2.17. The van der Waals surface area contributed by atoms with Gasteiger partial charge in [0.05, 0.1) is 0 Å². The molecule has 0 fully saturated rings. The fourth-order valence-corrected chi connectivity index (χ4v) is 2.98. The fourth-order valence-electron chi connectivity index (χ4n) is 2.98. The smallest absolute Gasteiger partial charge is 0.274 e. The van der Waals surface area contributed by atoms with Crippen molar-refractivity contribution in [1.29, 1.82) is 0 Å². The Morgan fingerprint density at radius 2 is 1.71 bits per heavy atom. The molecule has 8 heteroatoms. The van der Waals surface area contributed by atoms with Gasteiger partial charge in [0.2, 0.25) is 5.91 Å². The minimum Gasteiger partial charge on any atom is -0.378 e. The predicted molar refractivity (Wildman–Crippen MR) is 119 cm³/mol. The van der Waals surface area contributed by atoms with Crippen LogP contribution >= 0.6 is 0 Å². The molecule has 0 heterocycles. The Morgan fingerprint density at radius 1 is 1.00 bits per heavy atom. The number of rotatable bonds is 10. The first-order valence-electron chi connectivity index (χ1n) is 10.2. The molecule has 0 aliphatic rings. The number of nitrogens with zero attached hydrogens (tertiary/aromatic N) is 2. The maximum Gasteiger partial charge on any atom is 0.274 e. The molecule has 2 aromatic rings. The average molecular weight is 427 g/mol. The molecule has 0 aliphatic carbocycles. The summed E-state index contributed by atoms with van der Waals surface area (Å²) in [5.41, 5.74) is 4.01. The van der Waals surface area contributed by atoms with Gasteiger partial charge in [0.15, 0.2) is 0 Å². The van der Waals surface area contributed by atoms with Gasteiger partial charge in [-0.05, 0) is 42.3 Å². The van der Waals surface area contributed by atoms with Gasteiger partial charge in [-0.25, -0.2) is 5.48 Å². The molecule has 0 atom stereocenters. The third kappa shape index (κ3) is 7.11. The Balaban J connectivity index is 2.23. The van der Waals surface area contributed by atoms with Gasteiger partial charge in [-0.3, -0.25) is 19.6 Å². The van der Waals surface area contributed by atoms with Crippen LogP contribution in [0.25, 0.3) is 0 Å². The van der Waals surface area contributed by atoms with E-state index in [0.29, 0.717) is 17.7 Å². The first-order valence-corrected chi connectivity index (χ1v) is 10.2. The molecule has 3 amide bonds. The summed E-state index contributed by atoms with van der Waals surface area (Å²) in [5.74, 6) is -1.09. The Labute approximate surface area is 182 Å². The van der Waals surface area contributed by atoms with Crippen LogP contribution in [-0.4, -0.2) is 55.0 Å². The maximum atomic E-state index is 13.2. The Morgan fingerprint density at radius 3 is 2.32 bits per heavy atom. The second-order valence-electron chi connectivity index (χ2n) is 7.45. The third-order valence-corrected chi connectivity index (χ3v) is 4.77. The number of carbonyl (C=O) groups excluding carboxylic acids is 3. The molecule has 2 aromatic carbocycles. The lowest BCUT2D eigenvalue weighted by atomic mass is 10.1. The van der Waals surface area contributed by atoms with E-state index in [1.165, 1.54) is 4.90 Å². The molecule has 0 unspecified atom stereocenters. The van der Waals surface area contributed by atoms with Crippen LogP contribution in [0, 0.1) is 0 Å². The lowest BCUT2D eigenvalue weighted by Crippen LogP contribution is -2.40. The summed E-state index contributed by atoms with van der Waals surface area (Å²) in [7, 11) is 3.79. The zero-order valence-corrected chi connectivity index (χ0v) is 18.2. The van der Waals surface area contributed by atoms with Gasteiger partial charge < -0.3 is 15.1 Å². The number of hydrogen-bond donors (Lipinski definition) is 3. The topological polar surface area (TPSA) is 102 Å². The highest BCUT2D eigenvalue weighted by Gasteiger charge is 2.20. The average Bonchev–Trinajstić information content (AvgIpc) is 2.78. The number of anilines is 1. The molecule has 31 heavy (non-hydrogen) atoms. The second-order valence-corrected chi connectivity index (χ2v) is 7.45. The molecule has 0 bridgehead atoms. The molecule has 0 aromatic heterocycles. The quantitative estimate of drug-likeness (QED) is 0.308. The summed E-state index contributed by atoms with van der Waals surface area (Å²) in [6.45, 7) is 2.74. The van der Waals surface area contributed by atoms with Crippen LogP contribution in [-0.2, 0) is 11.3 Å². The number of benzene rings is 2. The number of unbranched alkanes of at least 4 members (excludes halogenated alkanes) is 1. The molecule has 2 rings (SSSR count). The monoisotopic (exact) mass is 426 g/mol. The number of hydrogen-bond acceptors (Lipinski definition) is 5. The lowest BCUT2D eigenvalue weighted by Gasteiger charge is -2.23. The van der Waals surface area contributed by atoms with Crippen molar-refractivity contribution in [2.75, 3.05) is 32.1 Å². The first kappa shape index (κ1) is 23.9. The summed E-state index contributed by atoms with van der Waals surface area (Å²) in [6, 6.07) is 13.7. The van der Waals surface area contributed by atoms with Gasteiger partial charge in [0.1, 0.15) is 6.54 Å². The van der Waals surface area contributed by atoms with E-state index in [0.717, 1.165) is 24.1 Å². The minimum absolute atomic E-state index is 0.0758. The Bertz CT molecular complexity index is 897. The van der Waals surface area contributed by atoms with Crippen LogP contribution in [0.3, 0.4) is 0 Å². The first-order chi connectivity index (χ1) is 14.8. The van der Waals surface area contributed by atoms with Crippen molar-refractivity contribution in [1.82, 2.24) is 15.7 Å². The van der Waals surface area contributed by atoms with Crippen LogP contribution in [0.4, 0.5) is 5.69 Å². The van der Waals surface area contributed by atoms with Crippen LogP contribution in [0.15, 0.2) is 48.5 Å². The zero-order valence-electron chi connectivity index (χ0n) is 18.2. The van der Waals surface area contributed by atoms with Gasteiger partial charge in [-0.15, -0.1) is 0 Å². The number of carbonyl (C=O) groups is 3. The Hall–Kier alpha value is -3.39. The number of hydroxylamine groups is 1. The van der Waals surface area contributed by atoms with E-state index in [2.05, 4.69) is 5.32 Å². The van der Waals surface area contributed by atoms with Gasteiger partial charge in [0, 0.05) is 44.0 Å². The summed E-state index contributed by atoms with van der Waals surface area (Å²) >= 11 is 0.